The number of aliphatic hydroxyl groups is 1. The second-order valence-electron chi connectivity index (χ2n) is 6.90. The molecular formula is C18H27NO2. The number of hydrogen-bond acceptors (Lipinski definition) is 3. The highest BCUT2D eigenvalue weighted by atomic mass is 16.5. The molecule has 0 aromatic heterocycles. The normalized spacial score (nSPS) is 27.1. The van der Waals surface area contributed by atoms with Gasteiger partial charge in [0.2, 0.25) is 0 Å². The SMILES string of the molecule is COc1ccc2c(c1)C(O)C(N1CCC(C(C)C)CC1)C2. The Morgan fingerprint density at radius 3 is 2.57 bits per heavy atom. The van der Waals surface area contributed by atoms with E-state index < -0.39 is 0 Å². The van der Waals surface area contributed by atoms with Gasteiger partial charge < -0.3 is 9.84 Å². The van der Waals surface area contributed by atoms with Crippen LogP contribution in [-0.4, -0.2) is 36.2 Å². The fourth-order valence-corrected chi connectivity index (χ4v) is 3.95. The molecule has 21 heavy (non-hydrogen) atoms. The van der Waals surface area contributed by atoms with Crippen molar-refractivity contribution in [3.8, 4) is 5.75 Å². The van der Waals surface area contributed by atoms with Gasteiger partial charge in [0.05, 0.1) is 13.2 Å². The Hall–Kier alpha value is -1.06. The molecule has 3 heteroatoms. The van der Waals surface area contributed by atoms with Crippen LogP contribution in [0.4, 0.5) is 0 Å². The average Bonchev–Trinajstić information content (AvgIpc) is 2.84. The highest BCUT2D eigenvalue weighted by Crippen LogP contribution is 2.38. The number of nitrogens with zero attached hydrogens (tertiary/aromatic N) is 1. The fraction of sp³-hybridized carbons (Fsp3) is 0.667. The molecule has 1 saturated heterocycles. The maximum Gasteiger partial charge on any atom is 0.119 e. The van der Waals surface area contributed by atoms with E-state index in [2.05, 4.69) is 24.8 Å². The van der Waals surface area contributed by atoms with E-state index in [4.69, 9.17) is 4.74 Å². The van der Waals surface area contributed by atoms with Crippen LogP contribution in [0, 0.1) is 11.8 Å². The minimum Gasteiger partial charge on any atom is -0.497 e. The summed E-state index contributed by atoms with van der Waals surface area (Å²) in [7, 11) is 1.68. The average molecular weight is 289 g/mol. The molecule has 0 saturated carbocycles. The predicted molar refractivity (Wildman–Crippen MR) is 84.6 cm³/mol. The molecule has 1 aliphatic carbocycles. The number of aliphatic hydroxyl groups excluding tert-OH is 1. The summed E-state index contributed by atoms with van der Waals surface area (Å²) in [4.78, 5) is 2.50. The standard InChI is InChI=1S/C18H27NO2/c1-12(2)13-6-8-19(9-7-13)17-10-14-4-5-15(21-3)11-16(14)18(17)20/h4-5,11-13,17-18,20H,6-10H2,1-3H3. The van der Waals surface area contributed by atoms with Gasteiger partial charge in [0, 0.05) is 6.04 Å². The molecule has 1 fully saturated rings. The molecule has 116 valence electrons. The van der Waals surface area contributed by atoms with Crippen LogP contribution in [-0.2, 0) is 6.42 Å². The van der Waals surface area contributed by atoms with Gasteiger partial charge in [-0.1, -0.05) is 19.9 Å². The van der Waals surface area contributed by atoms with E-state index in [1.54, 1.807) is 7.11 Å². The van der Waals surface area contributed by atoms with Crippen LogP contribution >= 0.6 is 0 Å². The first-order valence-corrected chi connectivity index (χ1v) is 8.19. The lowest BCUT2D eigenvalue weighted by Crippen LogP contribution is -2.44. The molecule has 1 N–H and O–H groups in total. The van der Waals surface area contributed by atoms with Crippen molar-refractivity contribution in [3.05, 3.63) is 29.3 Å². The summed E-state index contributed by atoms with van der Waals surface area (Å²) in [6.45, 7) is 6.89. The zero-order valence-electron chi connectivity index (χ0n) is 13.4. The number of likely N-dealkylation sites (tertiary alicyclic amines) is 1. The Morgan fingerprint density at radius 2 is 1.95 bits per heavy atom. The molecule has 1 aliphatic heterocycles. The molecule has 2 atom stereocenters. The third-order valence-electron chi connectivity index (χ3n) is 5.45. The number of benzene rings is 1. The lowest BCUT2D eigenvalue weighted by atomic mass is 9.86. The molecular weight excluding hydrogens is 262 g/mol. The molecule has 0 radical (unpaired) electrons. The summed E-state index contributed by atoms with van der Waals surface area (Å²) in [5, 5.41) is 10.7. The van der Waals surface area contributed by atoms with E-state index in [9.17, 15) is 5.11 Å². The number of piperidine rings is 1. The largest absolute Gasteiger partial charge is 0.497 e. The number of hydrogen-bond donors (Lipinski definition) is 1. The zero-order valence-corrected chi connectivity index (χ0v) is 13.4. The number of methoxy groups -OCH3 is 1. The van der Waals surface area contributed by atoms with Crippen LogP contribution in [0.3, 0.4) is 0 Å². The van der Waals surface area contributed by atoms with E-state index in [1.165, 1.54) is 18.4 Å². The topological polar surface area (TPSA) is 32.7 Å². The van der Waals surface area contributed by atoms with Crippen molar-refractivity contribution in [1.82, 2.24) is 4.90 Å². The van der Waals surface area contributed by atoms with Crippen molar-refractivity contribution in [2.45, 2.75) is 45.3 Å². The Morgan fingerprint density at radius 1 is 1.24 bits per heavy atom. The summed E-state index contributed by atoms with van der Waals surface area (Å²) < 4.78 is 5.28. The van der Waals surface area contributed by atoms with Crippen LogP contribution in [0.25, 0.3) is 0 Å². The first kappa shape index (κ1) is 14.9. The smallest absolute Gasteiger partial charge is 0.119 e. The first-order chi connectivity index (χ1) is 10.1. The Kier molecular flexibility index (Phi) is 4.23. The minimum atomic E-state index is -0.370. The van der Waals surface area contributed by atoms with E-state index in [0.717, 1.165) is 42.7 Å². The lowest BCUT2D eigenvalue weighted by molar-refractivity contribution is 0.0338. The molecule has 2 unspecified atom stereocenters. The van der Waals surface area contributed by atoms with E-state index in [0.29, 0.717) is 0 Å². The van der Waals surface area contributed by atoms with Crippen molar-refractivity contribution in [1.29, 1.82) is 0 Å². The summed E-state index contributed by atoms with van der Waals surface area (Å²) in [6.07, 6.45) is 3.12. The van der Waals surface area contributed by atoms with Gasteiger partial charge >= 0.3 is 0 Å². The third-order valence-corrected chi connectivity index (χ3v) is 5.45. The van der Waals surface area contributed by atoms with Crippen molar-refractivity contribution in [2.75, 3.05) is 20.2 Å². The minimum absolute atomic E-state index is 0.250. The molecule has 0 amide bonds. The molecule has 2 aliphatic rings. The molecule has 3 rings (SSSR count). The van der Waals surface area contributed by atoms with Crippen molar-refractivity contribution < 1.29 is 9.84 Å². The van der Waals surface area contributed by atoms with Crippen LogP contribution in [0.15, 0.2) is 18.2 Å². The van der Waals surface area contributed by atoms with Crippen LogP contribution in [0.2, 0.25) is 0 Å². The van der Waals surface area contributed by atoms with Gasteiger partial charge in [0.25, 0.3) is 0 Å². The van der Waals surface area contributed by atoms with E-state index >= 15 is 0 Å². The van der Waals surface area contributed by atoms with E-state index in [-0.39, 0.29) is 12.1 Å². The maximum absolute atomic E-state index is 10.7. The number of fused-ring (bicyclic) bond motifs is 1. The van der Waals surface area contributed by atoms with Gasteiger partial charge in [-0.2, -0.15) is 0 Å². The number of rotatable bonds is 3. The van der Waals surface area contributed by atoms with Crippen LogP contribution in [0.1, 0.15) is 43.9 Å². The maximum atomic E-state index is 10.7. The summed E-state index contributed by atoms with van der Waals surface area (Å²) in [6, 6.07) is 6.36. The van der Waals surface area contributed by atoms with Gasteiger partial charge in [0.15, 0.2) is 0 Å². The van der Waals surface area contributed by atoms with Gasteiger partial charge in [-0.3, -0.25) is 4.90 Å². The second-order valence-corrected chi connectivity index (χ2v) is 6.90. The third kappa shape index (κ3) is 2.82. The summed E-state index contributed by atoms with van der Waals surface area (Å²) >= 11 is 0. The fourth-order valence-electron chi connectivity index (χ4n) is 3.95. The van der Waals surface area contributed by atoms with Gasteiger partial charge in [-0.25, -0.2) is 0 Å². The predicted octanol–water partition coefficient (Wildman–Crippen LogP) is 3.02. The highest BCUT2D eigenvalue weighted by molar-refractivity contribution is 5.41. The molecule has 0 bridgehead atoms. The summed E-state index contributed by atoms with van der Waals surface area (Å²) in [5.74, 6) is 2.47. The van der Waals surface area contributed by atoms with Crippen LogP contribution in [0.5, 0.6) is 5.75 Å². The Bertz CT molecular complexity index is 492. The first-order valence-electron chi connectivity index (χ1n) is 8.19. The zero-order chi connectivity index (χ0) is 15.0. The van der Waals surface area contributed by atoms with Crippen molar-refractivity contribution in [2.24, 2.45) is 11.8 Å². The lowest BCUT2D eigenvalue weighted by Gasteiger charge is -2.38. The Balaban J connectivity index is 1.69. The number of ether oxygens (including phenoxy) is 1. The highest BCUT2D eigenvalue weighted by Gasteiger charge is 2.37. The molecule has 1 heterocycles. The van der Waals surface area contributed by atoms with Crippen molar-refractivity contribution in [3.63, 3.8) is 0 Å². The molecule has 0 spiro atoms. The quantitative estimate of drug-likeness (QED) is 0.928. The molecule has 1 aromatic carbocycles. The van der Waals surface area contributed by atoms with Gasteiger partial charge in [-0.15, -0.1) is 0 Å². The second kappa shape index (κ2) is 5.98. The van der Waals surface area contributed by atoms with Crippen LogP contribution < -0.4 is 4.74 Å². The monoisotopic (exact) mass is 289 g/mol. The molecule has 3 nitrogen and oxygen atoms in total. The summed E-state index contributed by atoms with van der Waals surface area (Å²) in [5.41, 5.74) is 2.34. The van der Waals surface area contributed by atoms with Gasteiger partial charge in [-0.05, 0) is 67.4 Å². The Labute approximate surface area is 127 Å². The van der Waals surface area contributed by atoms with Gasteiger partial charge in [0.1, 0.15) is 5.75 Å². The molecule has 1 aromatic rings. The van der Waals surface area contributed by atoms with E-state index in [1.807, 2.05) is 12.1 Å². The van der Waals surface area contributed by atoms with Crippen molar-refractivity contribution >= 4 is 0 Å².